The van der Waals surface area contributed by atoms with Crippen LogP contribution in [0.15, 0.2) is 59.5 Å². The quantitative estimate of drug-likeness (QED) is 0.713. The Bertz CT molecular complexity index is 876. The van der Waals surface area contributed by atoms with Crippen molar-refractivity contribution in [2.24, 2.45) is 0 Å². The van der Waals surface area contributed by atoms with Gasteiger partial charge in [-0.3, -0.25) is 9.10 Å². The number of likely N-dealkylation sites (tertiary alicyclic amines) is 1. The predicted octanol–water partition coefficient (Wildman–Crippen LogP) is 3.29. The molecule has 6 nitrogen and oxygen atoms in total. The van der Waals surface area contributed by atoms with Crippen LogP contribution >= 0.6 is 0 Å². The molecule has 0 N–H and O–H groups in total. The molecule has 3 rings (SSSR count). The number of ether oxygens (including phenoxy) is 1. The zero-order valence-electron chi connectivity index (χ0n) is 16.1. The second-order valence-corrected chi connectivity index (χ2v) is 8.56. The molecule has 28 heavy (non-hydrogen) atoms. The Hall–Kier alpha value is -2.54. The maximum atomic E-state index is 13.3. The number of sulfonamides is 1. The van der Waals surface area contributed by atoms with E-state index in [1.54, 1.807) is 59.5 Å². The van der Waals surface area contributed by atoms with Crippen molar-refractivity contribution in [1.29, 1.82) is 0 Å². The van der Waals surface area contributed by atoms with E-state index in [0.29, 0.717) is 31.1 Å². The smallest absolute Gasteiger partial charge is 0.264 e. The summed E-state index contributed by atoms with van der Waals surface area (Å²) < 4.78 is 33.2. The predicted molar refractivity (Wildman–Crippen MR) is 109 cm³/mol. The highest BCUT2D eigenvalue weighted by Gasteiger charge is 2.29. The lowest BCUT2D eigenvalue weighted by Gasteiger charge is -2.30. The Morgan fingerprint density at radius 3 is 2.25 bits per heavy atom. The first-order chi connectivity index (χ1) is 13.5. The van der Waals surface area contributed by atoms with Crippen molar-refractivity contribution in [3.8, 4) is 5.75 Å². The SMILES string of the molecule is CCOc1ccc(N(CC(=O)N2CCCCC2)S(=O)(=O)c2ccccc2)cc1. The van der Waals surface area contributed by atoms with Gasteiger partial charge in [0.2, 0.25) is 5.91 Å². The van der Waals surface area contributed by atoms with E-state index in [1.807, 2.05) is 6.92 Å². The topological polar surface area (TPSA) is 66.9 Å². The zero-order valence-corrected chi connectivity index (χ0v) is 16.9. The van der Waals surface area contributed by atoms with Gasteiger partial charge < -0.3 is 9.64 Å². The van der Waals surface area contributed by atoms with Crippen LogP contribution in [0, 0.1) is 0 Å². The van der Waals surface area contributed by atoms with Crippen molar-refractivity contribution < 1.29 is 17.9 Å². The van der Waals surface area contributed by atoms with E-state index in [4.69, 9.17) is 4.74 Å². The molecule has 2 aromatic carbocycles. The first kappa shape index (κ1) is 20.2. The molecular formula is C21H26N2O4S. The number of hydrogen-bond donors (Lipinski definition) is 0. The van der Waals surface area contributed by atoms with Crippen molar-refractivity contribution >= 4 is 21.6 Å². The van der Waals surface area contributed by atoms with E-state index in [9.17, 15) is 13.2 Å². The number of carbonyl (C=O) groups excluding carboxylic acids is 1. The lowest BCUT2D eigenvalue weighted by molar-refractivity contribution is -0.130. The average Bonchev–Trinajstić information content (AvgIpc) is 2.74. The number of hydrogen-bond acceptors (Lipinski definition) is 4. The summed E-state index contributed by atoms with van der Waals surface area (Å²) in [7, 11) is -3.87. The summed E-state index contributed by atoms with van der Waals surface area (Å²) in [6.45, 7) is 3.56. The van der Waals surface area contributed by atoms with Crippen molar-refractivity contribution in [3.63, 3.8) is 0 Å². The minimum Gasteiger partial charge on any atom is -0.494 e. The Labute approximate surface area is 166 Å². The minimum absolute atomic E-state index is 0.162. The van der Waals surface area contributed by atoms with Gasteiger partial charge in [-0.25, -0.2) is 8.42 Å². The Morgan fingerprint density at radius 2 is 1.64 bits per heavy atom. The van der Waals surface area contributed by atoms with Crippen LogP contribution in [0.5, 0.6) is 5.75 Å². The first-order valence-electron chi connectivity index (χ1n) is 9.61. The summed E-state index contributed by atoms with van der Waals surface area (Å²) in [5.74, 6) is 0.485. The molecule has 0 saturated carbocycles. The molecule has 1 heterocycles. The van der Waals surface area contributed by atoms with Crippen molar-refractivity contribution in [2.45, 2.75) is 31.1 Å². The molecule has 0 aliphatic carbocycles. The van der Waals surface area contributed by atoms with Gasteiger partial charge in [-0.2, -0.15) is 0 Å². The highest BCUT2D eigenvalue weighted by atomic mass is 32.2. The first-order valence-corrected chi connectivity index (χ1v) is 11.0. The van der Waals surface area contributed by atoms with E-state index in [2.05, 4.69) is 0 Å². The fourth-order valence-electron chi connectivity index (χ4n) is 3.28. The molecular weight excluding hydrogens is 376 g/mol. The number of rotatable bonds is 7. The van der Waals surface area contributed by atoms with Crippen LogP contribution in [-0.4, -0.2) is 45.5 Å². The van der Waals surface area contributed by atoms with Crippen LogP contribution in [0.4, 0.5) is 5.69 Å². The molecule has 1 amide bonds. The molecule has 0 atom stereocenters. The van der Waals surface area contributed by atoms with Crippen molar-refractivity contribution in [1.82, 2.24) is 4.90 Å². The van der Waals surface area contributed by atoms with Crippen LogP contribution < -0.4 is 9.04 Å². The number of benzene rings is 2. The number of carbonyl (C=O) groups is 1. The second-order valence-electron chi connectivity index (χ2n) is 6.69. The van der Waals surface area contributed by atoms with Crippen LogP contribution in [0.25, 0.3) is 0 Å². The molecule has 0 unspecified atom stereocenters. The lowest BCUT2D eigenvalue weighted by atomic mass is 10.1. The van der Waals surface area contributed by atoms with Gasteiger partial charge >= 0.3 is 0 Å². The third kappa shape index (κ3) is 4.65. The molecule has 1 aliphatic heterocycles. The van der Waals surface area contributed by atoms with Gasteiger partial charge in [0.15, 0.2) is 0 Å². The Balaban J connectivity index is 1.92. The molecule has 7 heteroatoms. The second kappa shape index (κ2) is 9.10. The third-order valence-electron chi connectivity index (χ3n) is 4.75. The molecule has 2 aromatic rings. The summed E-state index contributed by atoms with van der Waals surface area (Å²) in [6.07, 6.45) is 3.02. The molecule has 150 valence electrons. The molecule has 0 bridgehead atoms. The summed E-state index contributed by atoms with van der Waals surface area (Å²) in [5, 5.41) is 0. The third-order valence-corrected chi connectivity index (χ3v) is 6.54. The molecule has 0 spiro atoms. The molecule has 0 radical (unpaired) electrons. The largest absolute Gasteiger partial charge is 0.494 e. The van der Waals surface area contributed by atoms with E-state index in [1.165, 1.54) is 4.31 Å². The number of piperidine rings is 1. The number of amides is 1. The van der Waals surface area contributed by atoms with E-state index in [0.717, 1.165) is 19.3 Å². The standard InChI is InChI=1S/C21H26N2O4S/c1-2-27-19-13-11-18(12-14-19)23(17-21(24)22-15-7-4-8-16-22)28(25,26)20-9-5-3-6-10-20/h3,5-6,9-14H,2,4,7-8,15-17H2,1H3. The molecule has 0 aromatic heterocycles. The zero-order chi connectivity index (χ0) is 20.0. The monoisotopic (exact) mass is 402 g/mol. The minimum atomic E-state index is -3.87. The maximum Gasteiger partial charge on any atom is 0.264 e. The lowest BCUT2D eigenvalue weighted by Crippen LogP contribution is -2.44. The normalized spacial score (nSPS) is 14.5. The van der Waals surface area contributed by atoms with E-state index >= 15 is 0 Å². The highest BCUT2D eigenvalue weighted by Crippen LogP contribution is 2.26. The van der Waals surface area contributed by atoms with Crippen LogP contribution in [0.3, 0.4) is 0 Å². The highest BCUT2D eigenvalue weighted by molar-refractivity contribution is 7.92. The summed E-state index contributed by atoms with van der Waals surface area (Å²) in [4.78, 5) is 14.7. The fourth-order valence-corrected chi connectivity index (χ4v) is 4.71. The van der Waals surface area contributed by atoms with E-state index < -0.39 is 10.0 Å². The fraction of sp³-hybridized carbons (Fsp3) is 0.381. The summed E-state index contributed by atoms with van der Waals surface area (Å²) in [6, 6.07) is 15.0. The Morgan fingerprint density at radius 1 is 1.00 bits per heavy atom. The molecule has 1 aliphatic rings. The van der Waals surface area contributed by atoms with Gasteiger partial charge in [-0.15, -0.1) is 0 Å². The van der Waals surface area contributed by atoms with Gasteiger partial charge in [0, 0.05) is 13.1 Å². The van der Waals surface area contributed by atoms with Crippen LogP contribution in [0.1, 0.15) is 26.2 Å². The maximum absolute atomic E-state index is 13.3. The summed E-state index contributed by atoms with van der Waals surface area (Å²) >= 11 is 0. The molecule has 1 saturated heterocycles. The van der Waals surface area contributed by atoms with Crippen molar-refractivity contribution in [3.05, 3.63) is 54.6 Å². The van der Waals surface area contributed by atoms with E-state index in [-0.39, 0.29) is 17.3 Å². The molecule has 1 fully saturated rings. The Kier molecular flexibility index (Phi) is 6.57. The van der Waals surface area contributed by atoms with Gasteiger partial charge in [0.25, 0.3) is 10.0 Å². The van der Waals surface area contributed by atoms with Crippen molar-refractivity contribution in [2.75, 3.05) is 30.5 Å². The van der Waals surface area contributed by atoms with Gasteiger partial charge in [-0.1, -0.05) is 18.2 Å². The average molecular weight is 403 g/mol. The number of nitrogens with zero attached hydrogens (tertiary/aromatic N) is 2. The van der Waals surface area contributed by atoms with Gasteiger partial charge in [0.05, 0.1) is 17.2 Å². The van der Waals surface area contributed by atoms with Gasteiger partial charge in [0.1, 0.15) is 12.3 Å². The van der Waals surface area contributed by atoms with Crippen LogP contribution in [0.2, 0.25) is 0 Å². The number of anilines is 1. The van der Waals surface area contributed by atoms with Gasteiger partial charge in [-0.05, 0) is 62.6 Å². The van der Waals surface area contributed by atoms with Crippen LogP contribution in [-0.2, 0) is 14.8 Å². The summed E-state index contributed by atoms with van der Waals surface area (Å²) in [5.41, 5.74) is 0.442.